The Balaban J connectivity index is 1.73. The van der Waals surface area contributed by atoms with E-state index in [1.807, 2.05) is 12.1 Å². The minimum Gasteiger partial charge on any atom is -0.379 e. The topological polar surface area (TPSA) is 48.9 Å². The highest BCUT2D eigenvalue weighted by Crippen LogP contribution is 2.09. The van der Waals surface area contributed by atoms with Crippen molar-refractivity contribution in [3.05, 3.63) is 34.9 Å². The number of guanidine groups is 1. The summed E-state index contributed by atoms with van der Waals surface area (Å²) >= 11 is 5.92. The molecular formula is C19H31ClN4O. The van der Waals surface area contributed by atoms with Crippen LogP contribution in [0.25, 0.3) is 0 Å². The molecular weight excluding hydrogens is 336 g/mol. The molecule has 0 amide bonds. The van der Waals surface area contributed by atoms with Gasteiger partial charge in [-0.2, -0.15) is 0 Å². The molecule has 5 nitrogen and oxygen atoms in total. The average Bonchev–Trinajstić information content (AvgIpc) is 2.62. The molecule has 1 unspecified atom stereocenters. The number of nitrogens with zero attached hydrogens (tertiary/aromatic N) is 2. The lowest BCUT2D eigenvalue weighted by Gasteiger charge is -2.28. The maximum Gasteiger partial charge on any atom is 0.191 e. The molecule has 0 spiro atoms. The monoisotopic (exact) mass is 366 g/mol. The number of nitrogens with one attached hydrogen (secondary N) is 2. The predicted molar refractivity (Wildman–Crippen MR) is 106 cm³/mol. The van der Waals surface area contributed by atoms with Crippen molar-refractivity contribution in [1.29, 1.82) is 0 Å². The lowest BCUT2D eigenvalue weighted by atomic mass is 10.1. The Kier molecular flexibility index (Phi) is 9.08. The standard InChI is InChI=1S/C19H31ClN4O/c1-3-21-19(22-9-8-17-4-6-18(20)7-5-17)23-14-16(2)15-24-10-12-25-13-11-24/h4-7,16H,3,8-15H2,1-2H3,(H2,21,22,23). The highest BCUT2D eigenvalue weighted by Gasteiger charge is 2.13. The third kappa shape index (κ3) is 8.08. The van der Waals surface area contributed by atoms with E-state index in [1.54, 1.807) is 0 Å². The van der Waals surface area contributed by atoms with Crippen molar-refractivity contribution in [1.82, 2.24) is 15.5 Å². The molecule has 2 rings (SSSR count). The fourth-order valence-electron chi connectivity index (χ4n) is 2.85. The Hall–Kier alpha value is -1.30. The van der Waals surface area contributed by atoms with Crippen molar-refractivity contribution in [2.45, 2.75) is 20.3 Å². The van der Waals surface area contributed by atoms with Crippen LogP contribution >= 0.6 is 11.6 Å². The quantitative estimate of drug-likeness (QED) is 0.548. The van der Waals surface area contributed by atoms with Crippen LogP contribution in [-0.4, -0.2) is 63.3 Å². The first-order chi connectivity index (χ1) is 12.2. The summed E-state index contributed by atoms with van der Waals surface area (Å²) in [7, 11) is 0. The summed E-state index contributed by atoms with van der Waals surface area (Å²) in [4.78, 5) is 7.20. The van der Waals surface area contributed by atoms with Crippen molar-refractivity contribution in [3.8, 4) is 0 Å². The minimum absolute atomic E-state index is 0.532. The van der Waals surface area contributed by atoms with Gasteiger partial charge in [0.2, 0.25) is 0 Å². The Morgan fingerprint density at radius 1 is 1.24 bits per heavy atom. The van der Waals surface area contributed by atoms with Gasteiger partial charge in [0.1, 0.15) is 0 Å². The van der Waals surface area contributed by atoms with Gasteiger partial charge in [0.05, 0.1) is 13.2 Å². The smallest absolute Gasteiger partial charge is 0.191 e. The number of aliphatic imine (C=N–C) groups is 1. The van der Waals surface area contributed by atoms with Gasteiger partial charge in [0.15, 0.2) is 5.96 Å². The average molecular weight is 367 g/mol. The minimum atomic E-state index is 0.532. The largest absolute Gasteiger partial charge is 0.379 e. The van der Waals surface area contributed by atoms with Gasteiger partial charge in [0.25, 0.3) is 0 Å². The molecule has 1 aromatic carbocycles. The molecule has 0 aliphatic carbocycles. The summed E-state index contributed by atoms with van der Waals surface area (Å²) in [5.74, 6) is 1.43. The predicted octanol–water partition coefficient (Wildman–Crippen LogP) is 2.41. The molecule has 0 radical (unpaired) electrons. The molecule has 0 bridgehead atoms. The van der Waals surface area contributed by atoms with E-state index in [1.165, 1.54) is 5.56 Å². The lowest BCUT2D eigenvalue weighted by Crippen LogP contribution is -2.40. The van der Waals surface area contributed by atoms with Gasteiger partial charge in [-0.1, -0.05) is 30.7 Å². The zero-order valence-corrected chi connectivity index (χ0v) is 16.2. The molecule has 6 heteroatoms. The van der Waals surface area contributed by atoms with E-state index in [-0.39, 0.29) is 0 Å². The molecule has 140 valence electrons. The highest BCUT2D eigenvalue weighted by atomic mass is 35.5. The summed E-state index contributed by atoms with van der Waals surface area (Å²) in [5.41, 5.74) is 1.27. The van der Waals surface area contributed by atoms with Crippen LogP contribution in [-0.2, 0) is 11.2 Å². The van der Waals surface area contributed by atoms with Crippen LogP contribution in [0.1, 0.15) is 19.4 Å². The molecule has 1 aliphatic heterocycles. The Morgan fingerprint density at radius 3 is 2.64 bits per heavy atom. The normalized spacial score (nSPS) is 17.3. The van der Waals surface area contributed by atoms with Crippen molar-refractivity contribution in [2.24, 2.45) is 10.9 Å². The Morgan fingerprint density at radius 2 is 1.96 bits per heavy atom. The fourth-order valence-corrected chi connectivity index (χ4v) is 2.97. The molecule has 1 aromatic rings. The number of halogens is 1. The summed E-state index contributed by atoms with van der Waals surface area (Å²) in [6, 6.07) is 8.00. The zero-order chi connectivity index (χ0) is 17.9. The van der Waals surface area contributed by atoms with Crippen LogP contribution in [0.5, 0.6) is 0 Å². The second kappa shape index (κ2) is 11.3. The van der Waals surface area contributed by atoms with Crippen LogP contribution in [0.4, 0.5) is 0 Å². The van der Waals surface area contributed by atoms with Gasteiger partial charge in [-0.25, -0.2) is 0 Å². The third-order valence-corrected chi connectivity index (χ3v) is 4.45. The molecule has 1 aliphatic rings. The van der Waals surface area contributed by atoms with Gasteiger partial charge in [0, 0.05) is 44.3 Å². The van der Waals surface area contributed by atoms with Crippen LogP contribution in [0.3, 0.4) is 0 Å². The molecule has 1 saturated heterocycles. The van der Waals surface area contributed by atoms with E-state index in [2.05, 4.69) is 41.5 Å². The highest BCUT2D eigenvalue weighted by molar-refractivity contribution is 6.30. The van der Waals surface area contributed by atoms with E-state index < -0.39 is 0 Å². The van der Waals surface area contributed by atoms with Gasteiger partial charge >= 0.3 is 0 Å². The Bertz CT molecular complexity index is 515. The Labute approximate surface area is 156 Å². The van der Waals surface area contributed by atoms with E-state index in [0.717, 1.165) is 69.9 Å². The third-order valence-electron chi connectivity index (χ3n) is 4.20. The van der Waals surface area contributed by atoms with E-state index >= 15 is 0 Å². The SMILES string of the molecule is CCNC(=NCC(C)CN1CCOCC1)NCCc1ccc(Cl)cc1. The first-order valence-electron chi connectivity index (χ1n) is 9.24. The van der Waals surface area contributed by atoms with Crippen molar-refractivity contribution in [3.63, 3.8) is 0 Å². The summed E-state index contributed by atoms with van der Waals surface area (Å²) in [5, 5.41) is 7.51. The number of morpholine rings is 1. The van der Waals surface area contributed by atoms with E-state index in [0.29, 0.717) is 5.92 Å². The molecule has 1 heterocycles. The molecule has 1 fully saturated rings. The number of hydrogen-bond acceptors (Lipinski definition) is 3. The maximum absolute atomic E-state index is 5.92. The molecule has 1 atom stereocenters. The second-order valence-corrected chi connectivity index (χ2v) is 6.98. The summed E-state index contributed by atoms with van der Waals surface area (Å²) in [6.07, 6.45) is 0.949. The second-order valence-electron chi connectivity index (χ2n) is 6.54. The molecule has 0 saturated carbocycles. The zero-order valence-electron chi connectivity index (χ0n) is 15.4. The number of ether oxygens (including phenoxy) is 1. The molecule has 2 N–H and O–H groups in total. The summed E-state index contributed by atoms with van der Waals surface area (Å²) < 4.78 is 5.40. The fraction of sp³-hybridized carbons (Fsp3) is 0.632. The molecule has 0 aromatic heterocycles. The van der Waals surface area contributed by atoms with Crippen LogP contribution in [0.2, 0.25) is 5.02 Å². The van der Waals surface area contributed by atoms with E-state index in [4.69, 9.17) is 21.3 Å². The van der Waals surface area contributed by atoms with Crippen molar-refractivity contribution in [2.75, 3.05) is 52.5 Å². The lowest BCUT2D eigenvalue weighted by molar-refractivity contribution is 0.0323. The number of hydrogen-bond donors (Lipinski definition) is 2. The number of rotatable bonds is 8. The van der Waals surface area contributed by atoms with Gasteiger partial charge in [-0.15, -0.1) is 0 Å². The van der Waals surface area contributed by atoms with Crippen molar-refractivity contribution >= 4 is 17.6 Å². The summed E-state index contributed by atoms with van der Waals surface area (Å²) in [6.45, 7) is 11.8. The first kappa shape index (κ1) is 20.0. The van der Waals surface area contributed by atoms with Crippen LogP contribution in [0.15, 0.2) is 29.3 Å². The molecule has 25 heavy (non-hydrogen) atoms. The van der Waals surface area contributed by atoms with Crippen LogP contribution in [0, 0.1) is 5.92 Å². The van der Waals surface area contributed by atoms with Gasteiger partial charge in [-0.3, -0.25) is 9.89 Å². The van der Waals surface area contributed by atoms with Crippen LogP contribution < -0.4 is 10.6 Å². The maximum atomic E-state index is 5.92. The van der Waals surface area contributed by atoms with Crippen molar-refractivity contribution < 1.29 is 4.74 Å². The van der Waals surface area contributed by atoms with Gasteiger partial charge in [-0.05, 0) is 37.0 Å². The van der Waals surface area contributed by atoms with E-state index in [9.17, 15) is 0 Å². The number of benzene rings is 1. The van der Waals surface area contributed by atoms with Gasteiger partial charge < -0.3 is 15.4 Å². The first-order valence-corrected chi connectivity index (χ1v) is 9.62.